The summed E-state index contributed by atoms with van der Waals surface area (Å²) in [5.41, 5.74) is 2.64. The number of benzene rings is 1. The van der Waals surface area contributed by atoms with Crippen LogP contribution < -0.4 is 0 Å². The molecule has 2 aromatic rings. The number of aromatic nitrogens is 2. The lowest BCUT2D eigenvalue weighted by Gasteiger charge is -2.15. The van der Waals surface area contributed by atoms with Crippen molar-refractivity contribution in [2.75, 3.05) is 0 Å². The van der Waals surface area contributed by atoms with Crippen molar-refractivity contribution in [3.05, 3.63) is 53.6 Å². The number of thioether (sulfide) groups is 1. The normalized spacial score (nSPS) is 11.6. The van der Waals surface area contributed by atoms with Crippen LogP contribution in [0.3, 0.4) is 0 Å². The van der Waals surface area contributed by atoms with Crippen molar-refractivity contribution in [1.29, 1.82) is 0 Å². The molecule has 0 bridgehead atoms. The molecule has 0 N–H and O–H groups in total. The van der Waals surface area contributed by atoms with Crippen molar-refractivity contribution < 1.29 is 0 Å². The third-order valence-corrected chi connectivity index (χ3v) is 3.85. The molecule has 0 unspecified atom stereocenters. The molecule has 1 aromatic carbocycles. The summed E-state index contributed by atoms with van der Waals surface area (Å²) in [5, 5.41) is 0. The summed E-state index contributed by atoms with van der Waals surface area (Å²) in [4.78, 5) is 10.0. The van der Waals surface area contributed by atoms with Gasteiger partial charge in [0.25, 0.3) is 0 Å². The fourth-order valence-electron chi connectivity index (χ4n) is 1.63. The molecule has 0 fully saturated rings. The first-order valence-corrected chi connectivity index (χ1v) is 7.44. The van der Waals surface area contributed by atoms with Crippen LogP contribution in [-0.4, -0.2) is 9.97 Å². The molecule has 0 aliphatic rings. The summed E-state index contributed by atoms with van der Waals surface area (Å²) >= 11 is 1.77. The number of aryl methyl sites for hydroxylation is 1. The van der Waals surface area contributed by atoms with E-state index in [0.717, 1.165) is 16.5 Å². The molecule has 0 saturated heterocycles. The van der Waals surface area contributed by atoms with Crippen molar-refractivity contribution in [1.82, 2.24) is 9.97 Å². The molecule has 1 heterocycles. The first kappa shape index (κ1) is 14.1. The molecule has 2 nitrogen and oxygen atoms in total. The summed E-state index contributed by atoms with van der Waals surface area (Å²) in [6.45, 7) is 8.49. The average molecular weight is 272 g/mol. The molecule has 0 amide bonds. The van der Waals surface area contributed by atoms with Gasteiger partial charge in [-0.2, -0.15) is 0 Å². The summed E-state index contributed by atoms with van der Waals surface area (Å²) < 4.78 is 0. The Kier molecular flexibility index (Phi) is 4.25. The van der Waals surface area contributed by atoms with Gasteiger partial charge in [-0.25, -0.2) is 9.97 Å². The molecule has 0 atom stereocenters. The van der Waals surface area contributed by atoms with Gasteiger partial charge in [-0.15, -0.1) is 11.8 Å². The van der Waals surface area contributed by atoms with E-state index in [2.05, 4.69) is 61.9 Å². The Morgan fingerprint density at radius 2 is 1.58 bits per heavy atom. The zero-order chi connectivity index (χ0) is 13.9. The highest BCUT2D eigenvalue weighted by atomic mass is 32.2. The SMILES string of the molecule is Cc1ccc(CSc2cnc(C(C)(C)C)nc2)cc1. The summed E-state index contributed by atoms with van der Waals surface area (Å²) in [6.07, 6.45) is 3.85. The maximum atomic E-state index is 4.44. The second-order valence-corrected chi connectivity index (χ2v) is 6.82. The van der Waals surface area contributed by atoms with Gasteiger partial charge in [0, 0.05) is 28.5 Å². The minimum absolute atomic E-state index is 0.0140. The smallest absolute Gasteiger partial charge is 0.133 e. The maximum Gasteiger partial charge on any atom is 0.133 e. The number of hydrogen-bond donors (Lipinski definition) is 0. The molecule has 19 heavy (non-hydrogen) atoms. The van der Waals surface area contributed by atoms with Gasteiger partial charge >= 0.3 is 0 Å². The number of nitrogens with zero attached hydrogens (tertiary/aromatic N) is 2. The van der Waals surface area contributed by atoms with Crippen LogP contribution >= 0.6 is 11.8 Å². The zero-order valence-corrected chi connectivity index (χ0v) is 12.8. The van der Waals surface area contributed by atoms with Gasteiger partial charge in [-0.05, 0) is 12.5 Å². The van der Waals surface area contributed by atoms with E-state index in [1.54, 1.807) is 11.8 Å². The maximum absolute atomic E-state index is 4.44. The Morgan fingerprint density at radius 1 is 1.00 bits per heavy atom. The van der Waals surface area contributed by atoms with Gasteiger partial charge in [-0.3, -0.25) is 0 Å². The molecular weight excluding hydrogens is 252 g/mol. The highest BCUT2D eigenvalue weighted by Gasteiger charge is 2.16. The predicted molar refractivity (Wildman–Crippen MR) is 81.5 cm³/mol. The van der Waals surface area contributed by atoms with Gasteiger partial charge in [-0.1, -0.05) is 50.6 Å². The van der Waals surface area contributed by atoms with E-state index in [0.29, 0.717) is 0 Å². The van der Waals surface area contributed by atoms with E-state index in [1.165, 1.54) is 11.1 Å². The molecule has 1 aromatic heterocycles. The molecule has 3 heteroatoms. The highest BCUT2D eigenvalue weighted by molar-refractivity contribution is 7.98. The quantitative estimate of drug-likeness (QED) is 0.776. The van der Waals surface area contributed by atoms with E-state index >= 15 is 0 Å². The first-order valence-electron chi connectivity index (χ1n) is 6.46. The van der Waals surface area contributed by atoms with Gasteiger partial charge in [0.15, 0.2) is 0 Å². The molecule has 2 rings (SSSR count). The Hall–Kier alpha value is -1.35. The lowest BCUT2D eigenvalue weighted by Crippen LogP contribution is -2.15. The first-order chi connectivity index (χ1) is 8.95. The Balaban J connectivity index is 1.98. The Labute approximate surface area is 119 Å². The monoisotopic (exact) mass is 272 g/mol. The second-order valence-electron chi connectivity index (χ2n) is 5.77. The summed E-state index contributed by atoms with van der Waals surface area (Å²) in [7, 11) is 0. The molecule has 0 radical (unpaired) electrons. The van der Waals surface area contributed by atoms with Crippen LogP contribution in [0.15, 0.2) is 41.6 Å². The van der Waals surface area contributed by atoms with E-state index < -0.39 is 0 Å². The number of rotatable bonds is 3. The van der Waals surface area contributed by atoms with E-state index in [1.807, 2.05) is 12.4 Å². The van der Waals surface area contributed by atoms with Gasteiger partial charge in [0.2, 0.25) is 0 Å². The minimum atomic E-state index is 0.0140. The fourth-order valence-corrected chi connectivity index (χ4v) is 2.41. The van der Waals surface area contributed by atoms with Crippen LogP contribution in [0.4, 0.5) is 0 Å². The molecular formula is C16H20N2S. The molecule has 0 saturated carbocycles. The van der Waals surface area contributed by atoms with Gasteiger partial charge in [0.1, 0.15) is 5.82 Å². The Bertz CT molecular complexity index is 524. The fraction of sp³-hybridized carbons (Fsp3) is 0.375. The Morgan fingerprint density at radius 3 is 2.11 bits per heavy atom. The summed E-state index contributed by atoms with van der Waals surface area (Å²) in [5.74, 6) is 1.85. The molecule has 0 aliphatic carbocycles. The van der Waals surface area contributed by atoms with Crippen LogP contribution in [0.1, 0.15) is 37.7 Å². The van der Waals surface area contributed by atoms with Crippen LogP contribution in [0.5, 0.6) is 0 Å². The van der Waals surface area contributed by atoms with Gasteiger partial charge < -0.3 is 0 Å². The topological polar surface area (TPSA) is 25.8 Å². The van der Waals surface area contributed by atoms with Crippen LogP contribution in [-0.2, 0) is 11.2 Å². The lowest BCUT2D eigenvalue weighted by molar-refractivity contribution is 0.543. The van der Waals surface area contributed by atoms with E-state index in [-0.39, 0.29) is 5.41 Å². The van der Waals surface area contributed by atoms with Crippen molar-refractivity contribution in [2.24, 2.45) is 0 Å². The third kappa shape index (κ3) is 4.06. The van der Waals surface area contributed by atoms with E-state index in [4.69, 9.17) is 0 Å². The van der Waals surface area contributed by atoms with E-state index in [9.17, 15) is 0 Å². The van der Waals surface area contributed by atoms with Crippen molar-refractivity contribution in [3.63, 3.8) is 0 Å². The molecule has 0 aliphatic heterocycles. The van der Waals surface area contributed by atoms with Gasteiger partial charge in [0.05, 0.1) is 0 Å². The standard InChI is InChI=1S/C16H20N2S/c1-12-5-7-13(8-6-12)11-19-14-9-17-15(18-10-14)16(2,3)4/h5-10H,11H2,1-4H3. The molecule has 100 valence electrons. The van der Waals surface area contributed by atoms with Crippen molar-refractivity contribution in [3.8, 4) is 0 Å². The minimum Gasteiger partial charge on any atom is -0.240 e. The largest absolute Gasteiger partial charge is 0.240 e. The predicted octanol–water partition coefficient (Wildman–Crippen LogP) is 4.37. The van der Waals surface area contributed by atoms with Crippen LogP contribution in [0, 0.1) is 6.92 Å². The second kappa shape index (κ2) is 5.74. The lowest BCUT2D eigenvalue weighted by atomic mass is 9.96. The summed E-state index contributed by atoms with van der Waals surface area (Å²) in [6, 6.07) is 8.64. The third-order valence-electron chi connectivity index (χ3n) is 2.83. The van der Waals surface area contributed by atoms with Crippen LogP contribution in [0.2, 0.25) is 0 Å². The van der Waals surface area contributed by atoms with Crippen molar-refractivity contribution >= 4 is 11.8 Å². The van der Waals surface area contributed by atoms with Crippen molar-refractivity contribution in [2.45, 2.75) is 43.8 Å². The highest BCUT2D eigenvalue weighted by Crippen LogP contribution is 2.23. The number of hydrogen-bond acceptors (Lipinski definition) is 3. The average Bonchev–Trinajstić information content (AvgIpc) is 2.37. The van der Waals surface area contributed by atoms with Crippen LogP contribution in [0.25, 0.3) is 0 Å². The molecule has 0 spiro atoms. The zero-order valence-electron chi connectivity index (χ0n) is 12.0.